The van der Waals surface area contributed by atoms with Crippen molar-refractivity contribution in [3.8, 4) is 12.0 Å². The van der Waals surface area contributed by atoms with Crippen LogP contribution in [0.4, 0.5) is 24.8 Å². The van der Waals surface area contributed by atoms with Crippen LogP contribution in [0, 0.1) is 0 Å². The van der Waals surface area contributed by atoms with Gasteiger partial charge in [-0.2, -0.15) is 23.1 Å². The predicted molar refractivity (Wildman–Crippen MR) is 139 cm³/mol. The van der Waals surface area contributed by atoms with E-state index in [0.29, 0.717) is 56.6 Å². The van der Waals surface area contributed by atoms with Gasteiger partial charge in [0, 0.05) is 56.3 Å². The Balaban J connectivity index is 1.16. The number of amides is 1. The lowest BCUT2D eigenvalue weighted by Crippen LogP contribution is -2.49. The number of hydrogen-bond acceptors (Lipinski definition) is 10. The van der Waals surface area contributed by atoms with Crippen molar-refractivity contribution >= 4 is 28.9 Å². The van der Waals surface area contributed by atoms with Crippen LogP contribution in [0.15, 0.2) is 29.6 Å². The summed E-state index contributed by atoms with van der Waals surface area (Å²) >= 11 is 1.48. The van der Waals surface area contributed by atoms with Crippen molar-refractivity contribution in [2.24, 2.45) is 0 Å². The van der Waals surface area contributed by atoms with E-state index in [1.54, 1.807) is 16.3 Å². The maximum atomic E-state index is 13.1. The Morgan fingerprint density at radius 1 is 0.923 bits per heavy atom. The third-order valence-corrected chi connectivity index (χ3v) is 7.93. The fourth-order valence-electron chi connectivity index (χ4n) is 4.76. The molecule has 5 rings (SSSR count). The summed E-state index contributed by atoms with van der Waals surface area (Å²) in [6.45, 7) is 3.16. The number of rotatable bonds is 6. The van der Waals surface area contributed by atoms with Crippen LogP contribution < -0.4 is 19.3 Å². The van der Waals surface area contributed by atoms with Gasteiger partial charge in [-0.05, 0) is 31.0 Å². The van der Waals surface area contributed by atoms with Crippen molar-refractivity contribution < 1.29 is 27.4 Å². The van der Waals surface area contributed by atoms with Crippen LogP contribution in [0.25, 0.3) is 0 Å². The standard InChI is InChI=1S/C25H28F3N7O3S/c1-37-23-30-22(31-24(32-23)38-2)35-8-6-16(7-9-35)20-29-19(15-39-20)21(36)34-12-10-33(11-13-34)18-5-3-4-17(14-18)25(26,27)28/h3-5,14-16H,6-13H2,1-2H3. The first-order chi connectivity index (χ1) is 18.7. The maximum absolute atomic E-state index is 13.1. The molecule has 39 heavy (non-hydrogen) atoms. The van der Waals surface area contributed by atoms with Crippen LogP contribution in [-0.2, 0) is 6.18 Å². The predicted octanol–water partition coefficient (Wildman–Crippen LogP) is 3.71. The highest BCUT2D eigenvalue weighted by Gasteiger charge is 2.32. The lowest BCUT2D eigenvalue weighted by molar-refractivity contribution is -0.137. The molecule has 4 heterocycles. The van der Waals surface area contributed by atoms with Gasteiger partial charge in [0.05, 0.1) is 24.8 Å². The van der Waals surface area contributed by atoms with Crippen molar-refractivity contribution in [1.29, 1.82) is 0 Å². The van der Waals surface area contributed by atoms with Crippen LogP contribution in [0.1, 0.15) is 39.8 Å². The van der Waals surface area contributed by atoms with Crippen LogP contribution in [-0.4, -0.2) is 84.2 Å². The summed E-state index contributed by atoms with van der Waals surface area (Å²) in [4.78, 5) is 36.1. The van der Waals surface area contributed by atoms with E-state index < -0.39 is 11.7 Å². The van der Waals surface area contributed by atoms with E-state index in [-0.39, 0.29) is 23.8 Å². The molecule has 2 fully saturated rings. The lowest BCUT2D eigenvalue weighted by Gasteiger charge is -2.36. The van der Waals surface area contributed by atoms with E-state index in [2.05, 4.69) is 19.9 Å². The van der Waals surface area contributed by atoms with E-state index in [0.717, 1.165) is 30.0 Å². The minimum Gasteiger partial charge on any atom is -0.467 e. The van der Waals surface area contributed by atoms with E-state index in [1.807, 2.05) is 9.80 Å². The zero-order valence-corrected chi connectivity index (χ0v) is 22.3. The van der Waals surface area contributed by atoms with Crippen LogP contribution >= 0.6 is 11.3 Å². The molecule has 0 unspecified atom stereocenters. The molecule has 0 bridgehead atoms. The van der Waals surface area contributed by atoms with Crippen molar-refractivity contribution in [2.75, 3.05) is 63.3 Å². The van der Waals surface area contributed by atoms with Gasteiger partial charge in [0.25, 0.3) is 5.91 Å². The first-order valence-electron chi connectivity index (χ1n) is 12.5. The van der Waals surface area contributed by atoms with Gasteiger partial charge in [0.1, 0.15) is 5.69 Å². The Hall–Kier alpha value is -3.68. The number of halogens is 3. The third-order valence-electron chi connectivity index (χ3n) is 6.92. The van der Waals surface area contributed by atoms with Crippen LogP contribution in [0.5, 0.6) is 12.0 Å². The first kappa shape index (κ1) is 26.9. The summed E-state index contributed by atoms with van der Waals surface area (Å²) in [6, 6.07) is 5.68. The van der Waals surface area contributed by atoms with Gasteiger partial charge < -0.3 is 24.2 Å². The number of methoxy groups -OCH3 is 2. The number of piperazine rings is 1. The van der Waals surface area contributed by atoms with E-state index in [9.17, 15) is 18.0 Å². The molecular weight excluding hydrogens is 535 g/mol. The molecule has 3 aromatic rings. The van der Waals surface area contributed by atoms with Gasteiger partial charge >= 0.3 is 18.2 Å². The van der Waals surface area contributed by atoms with Crippen molar-refractivity contribution in [1.82, 2.24) is 24.8 Å². The highest BCUT2D eigenvalue weighted by molar-refractivity contribution is 7.09. The lowest BCUT2D eigenvalue weighted by atomic mass is 9.98. The molecule has 208 valence electrons. The van der Waals surface area contributed by atoms with Gasteiger partial charge in [0.15, 0.2) is 0 Å². The summed E-state index contributed by atoms with van der Waals surface area (Å²) in [5.74, 6) is 0.565. The van der Waals surface area contributed by atoms with Crippen LogP contribution in [0.3, 0.4) is 0 Å². The Kier molecular flexibility index (Phi) is 7.73. The molecule has 1 amide bonds. The van der Waals surface area contributed by atoms with Gasteiger partial charge in [-0.15, -0.1) is 16.3 Å². The number of thiazole rings is 1. The smallest absolute Gasteiger partial charge is 0.416 e. The highest BCUT2D eigenvalue weighted by Crippen LogP contribution is 2.33. The maximum Gasteiger partial charge on any atom is 0.416 e. The number of nitrogens with zero attached hydrogens (tertiary/aromatic N) is 7. The number of carbonyl (C=O) groups excluding carboxylic acids is 1. The zero-order chi connectivity index (χ0) is 27.6. The molecular formula is C25H28F3N7O3S. The number of hydrogen-bond donors (Lipinski definition) is 0. The molecule has 10 nitrogen and oxygen atoms in total. The van der Waals surface area contributed by atoms with E-state index in [1.165, 1.54) is 31.6 Å². The summed E-state index contributed by atoms with van der Waals surface area (Å²) in [5, 5.41) is 2.72. The minimum absolute atomic E-state index is 0.150. The normalized spacial score (nSPS) is 16.9. The van der Waals surface area contributed by atoms with E-state index >= 15 is 0 Å². The number of alkyl halides is 3. The Labute approximate surface area is 227 Å². The molecule has 14 heteroatoms. The highest BCUT2D eigenvalue weighted by atomic mass is 32.1. The molecule has 2 aliphatic rings. The Morgan fingerprint density at radius 2 is 1.59 bits per heavy atom. The number of piperidine rings is 1. The second kappa shape index (κ2) is 11.2. The summed E-state index contributed by atoms with van der Waals surface area (Å²) < 4.78 is 49.5. The molecule has 1 aromatic carbocycles. The van der Waals surface area contributed by atoms with Crippen LogP contribution in [0.2, 0.25) is 0 Å². The van der Waals surface area contributed by atoms with Gasteiger partial charge in [-0.25, -0.2) is 4.98 Å². The van der Waals surface area contributed by atoms with Gasteiger partial charge in [-0.1, -0.05) is 6.07 Å². The average Bonchev–Trinajstić information content (AvgIpc) is 3.47. The number of anilines is 2. The molecule has 0 atom stereocenters. The van der Waals surface area contributed by atoms with Gasteiger partial charge in [0.2, 0.25) is 5.95 Å². The monoisotopic (exact) mass is 563 g/mol. The largest absolute Gasteiger partial charge is 0.467 e. The minimum atomic E-state index is -4.39. The fraction of sp³-hybridized carbons (Fsp3) is 0.480. The van der Waals surface area contributed by atoms with Crippen molar-refractivity contribution in [3.63, 3.8) is 0 Å². The third kappa shape index (κ3) is 6.00. The first-order valence-corrected chi connectivity index (χ1v) is 13.4. The number of ether oxygens (including phenoxy) is 2. The fourth-order valence-corrected chi connectivity index (χ4v) is 5.73. The molecule has 0 saturated carbocycles. The Bertz CT molecular complexity index is 1280. The number of benzene rings is 1. The molecule has 2 aromatic heterocycles. The quantitative estimate of drug-likeness (QED) is 0.445. The molecule has 0 radical (unpaired) electrons. The Morgan fingerprint density at radius 3 is 2.21 bits per heavy atom. The second-order valence-corrected chi connectivity index (χ2v) is 10.2. The van der Waals surface area contributed by atoms with Gasteiger partial charge in [-0.3, -0.25) is 4.79 Å². The second-order valence-electron chi connectivity index (χ2n) is 9.27. The molecule has 2 aliphatic heterocycles. The number of aromatic nitrogens is 4. The zero-order valence-electron chi connectivity index (χ0n) is 21.5. The average molecular weight is 564 g/mol. The topological polar surface area (TPSA) is 96.8 Å². The molecule has 0 aliphatic carbocycles. The van der Waals surface area contributed by atoms with E-state index in [4.69, 9.17) is 9.47 Å². The molecule has 0 spiro atoms. The number of carbonyl (C=O) groups is 1. The summed E-state index contributed by atoms with van der Waals surface area (Å²) in [7, 11) is 2.98. The van der Waals surface area contributed by atoms with Crippen molar-refractivity contribution in [3.05, 3.63) is 45.9 Å². The molecule has 2 saturated heterocycles. The SMILES string of the molecule is COc1nc(OC)nc(N2CCC(c3nc(C(=O)N4CCN(c5cccc(C(F)(F)F)c5)CC4)cs3)CC2)n1. The van der Waals surface area contributed by atoms with Crippen molar-refractivity contribution in [2.45, 2.75) is 24.9 Å². The summed E-state index contributed by atoms with van der Waals surface area (Å²) in [5.41, 5.74) is 0.247. The summed E-state index contributed by atoms with van der Waals surface area (Å²) in [6.07, 6.45) is -2.74. The molecule has 0 N–H and O–H groups in total.